The SMILES string of the molecule is C=CCN1C(N)=NCC1c1c(F)cccc1F. The molecule has 90 valence electrons. The Hall–Kier alpha value is -1.91. The van der Waals surface area contributed by atoms with Gasteiger partial charge in [0.05, 0.1) is 12.6 Å². The molecule has 1 heterocycles. The molecule has 1 aliphatic heterocycles. The lowest BCUT2D eigenvalue weighted by Gasteiger charge is -2.25. The third-order valence-electron chi connectivity index (χ3n) is 2.76. The lowest BCUT2D eigenvalue weighted by atomic mass is 10.0. The molecular formula is C12H13F2N3. The quantitative estimate of drug-likeness (QED) is 0.815. The van der Waals surface area contributed by atoms with Crippen LogP contribution in [0, 0.1) is 11.6 Å². The zero-order valence-corrected chi connectivity index (χ0v) is 9.24. The number of nitrogens with two attached hydrogens (primary N) is 1. The highest BCUT2D eigenvalue weighted by atomic mass is 19.1. The fourth-order valence-electron chi connectivity index (χ4n) is 1.97. The lowest BCUT2D eigenvalue weighted by molar-refractivity contribution is 0.356. The highest BCUT2D eigenvalue weighted by Gasteiger charge is 2.30. The molecule has 0 bridgehead atoms. The minimum atomic E-state index is -0.575. The predicted octanol–water partition coefficient (Wildman–Crippen LogP) is 1.82. The Morgan fingerprint density at radius 1 is 1.47 bits per heavy atom. The fraction of sp³-hybridized carbons (Fsp3) is 0.250. The van der Waals surface area contributed by atoms with Crippen molar-refractivity contribution >= 4 is 5.96 Å². The summed E-state index contributed by atoms with van der Waals surface area (Å²) in [7, 11) is 0. The Balaban J connectivity index is 2.37. The molecule has 0 aromatic heterocycles. The second-order valence-corrected chi connectivity index (χ2v) is 3.79. The first-order valence-corrected chi connectivity index (χ1v) is 5.26. The van der Waals surface area contributed by atoms with Gasteiger partial charge in [-0.2, -0.15) is 0 Å². The molecule has 3 nitrogen and oxygen atoms in total. The second-order valence-electron chi connectivity index (χ2n) is 3.79. The molecular weight excluding hydrogens is 224 g/mol. The van der Waals surface area contributed by atoms with Crippen LogP contribution < -0.4 is 5.73 Å². The molecule has 17 heavy (non-hydrogen) atoms. The Morgan fingerprint density at radius 2 is 2.12 bits per heavy atom. The first kappa shape index (κ1) is 11.6. The van der Waals surface area contributed by atoms with Crippen molar-refractivity contribution in [3.05, 3.63) is 48.1 Å². The summed E-state index contributed by atoms with van der Waals surface area (Å²) in [6.45, 7) is 4.26. The van der Waals surface area contributed by atoms with Crippen molar-refractivity contribution in [1.82, 2.24) is 4.90 Å². The Morgan fingerprint density at radius 3 is 2.71 bits per heavy atom. The lowest BCUT2D eigenvalue weighted by Crippen LogP contribution is -2.36. The minimum absolute atomic E-state index is 0.0125. The second kappa shape index (κ2) is 4.53. The van der Waals surface area contributed by atoms with Gasteiger partial charge in [0, 0.05) is 12.1 Å². The van der Waals surface area contributed by atoms with Crippen molar-refractivity contribution in [2.45, 2.75) is 6.04 Å². The monoisotopic (exact) mass is 237 g/mol. The molecule has 0 aliphatic carbocycles. The van der Waals surface area contributed by atoms with Crippen molar-refractivity contribution < 1.29 is 8.78 Å². The third kappa shape index (κ3) is 2.00. The molecule has 1 atom stereocenters. The smallest absolute Gasteiger partial charge is 0.192 e. The van der Waals surface area contributed by atoms with Crippen molar-refractivity contribution in [2.75, 3.05) is 13.1 Å². The summed E-state index contributed by atoms with van der Waals surface area (Å²) in [6.07, 6.45) is 1.62. The van der Waals surface area contributed by atoms with Gasteiger partial charge in [0.1, 0.15) is 11.6 Å². The summed E-state index contributed by atoms with van der Waals surface area (Å²) >= 11 is 0. The zero-order valence-electron chi connectivity index (χ0n) is 9.24. The normalized spacial score (nSPS) is 19.3. The Bertz CT molecular complexity index is 451. The van der Waals surface area contributed by atoms with Gasteiger partial charge in [-0.1, -0.05) is 12.1 Å². The average molecular weight is 237 g/mol. The van der Waals surface area contributed by atoms with Crippen LogP contribution in [-0.4, -0.2) is 23.9 Å². The zero-order chi connectivity index (χ0) is 12.4. The van der Waals surface area contributed by atoms with E-state index in [-0.39, 0.29) is 18.1 Å². The maximum absolute atomic E-state index is 13.7. The van der Waals surface area contributed by atoms with Crippen LogP contribution in [-0.2, 0) is 0 Å². The summed E-state index contributed by atoms with van der Waals surface area (Å²) in [6, 6.07) is 3.32. The molecule has 5 heteroatoms. The summed E-state index contributed by atoms with van der Waals surface area (Å²) in [5.74, 6) is -0.861. The molecule has 0 radical (unpaired) electrons. The maximum Gasteiger partial charge on any atom is 0.192 e. The van der Waals surface area contributed by atoms with E-state index in [0.717, 1.165) is 0 Å². The standard InChI is InChI=1S/C12H13F2N3/c1-2-6-17-10(7-16-12(17)15)11-8(13)4-3-5-9(11)14/h2-5,10H,1,6-7H2,(H2,15,16). The van der Waals surface area contributed by atoms with Crippen LogP contribution >= 0.6 is 0 Å². The van der Waals surface area contributed by atoms with Crippen LogP contribution in [0.25, 0.3) is 0 Å². The molecule has 0 saturated carbocycles. The first-order chi connectivity index (χ1) is 8.15. The number of hydrogen-bond donors (Lipinski definition) is 1. The Labute approximate surface area is 98.3 Å². The van der Waals surface area contributed by atoms with Gasteiger partial charge in [0.2, 0.25) is 0 Å². The van der Waals surface area contributed by atoms with Gasteiger partial charge >= 0.3 is 0 Å². The van der Waals surface area contributed by atoms with Crippen molar-refractivity contribution in [3.63, 3.8) is 0 Å². The van der Waals surface area contributed by atoms with Crippen LogP contribution in [0.5, 0.6) is 0 Å². The number of benzene rings is 1. The van der Waals surface area contributed by atoms with E-state index in [2.05, 4.69) is 11.6 Å². The van der Waals surface area contributed by atoms with E-state index in [0.29, 0.717) is 6.54 Å². The van der Waals surface area contributed by atoms with E-state index in [4.69, 9.17) is 5.73 Å². The number of guanidine groups is 1. The summed E-state index contributed by atoms with van der Waals surface area (Å²) < 4.78 is 27.3. The summed E-state index contributed by atoms with van der Waals surface area (Å²) in [5, 5.41) is 0. The van der Waals surface area contributed by atoms with E-state index in [1.807, 2.05) is 0 Å². The molecule has 1 aromatic carbocycles. The molecule has 1 aromatic rings. The van der Waals surface area contributed by atoms with Gasteiger partial charge in [0.15, 0.2) is 5.96 Å². The maximum atomic E-state index is 13.7. The number of halogens is 2. The largest absolute Gasteiger partial charge is 0.370 e. The number of nitrogens with zero attached hydrogens (tertiary/aromatic N) is 2. The molecule has 0 fully saturated rings. The van der Waals surface area contributed by atoms with Crippen molar-refractivity contribution in [1.29, 1.82) is 0 Å². The highest BCUT2D eigenvalue weighted by Crippen LogP contribution is 2.29. The van der Waals surface area contributed by atoms with Crippen LogP contribution in [0.1, 0.15) is 11.6 Å². The predicted molar refractivity (Wildman–Crippen MR) is 62.5 cm³/mol. The van der Waals surface area contributed by atoms with Gasteiger partial charge < -0.3 is 10.6 Å². The van der Waals surface area contributed by atoms with Crippen molar-refractivity contribution in [2.24, 2.45) is 10.7 Å². The molecule has 2 rings (SSSR count). The highest BCUT2D eigenvalue weighted by molar-refractivity contribution is 5.80. The van der Waals surface area contributed by atoms with E-state index >= 15 is 0 Å². The molecule has 1 unspecified atom stereocenters. The van der Waals surface area contributed by atoms with Crippen LogP contribution in [0.3, 0.4) is 0 Å². The van der Waals surface area contributed by atoms with E-state index in [9.17, 15) is 8.78 Å². The van der Waals surface area contributed by atoms with E-state index in [1.165, 1.54) is 18.2 Å². The summed E-state index contributed by atoms with van der Waals surface area (Å²) in [4.78, 5) is 5.65. The van der Waals surface area contributed by atoms with Gasteiger partial charge in [-0.15, -0.1) is 6.58 Å². The van der Waals surface area contributed by atoms with Gasteiger partial charge in [0.25, 0.3) is 0 Å². The molecule has 1 aliphatic rings. The van der Waals surface area contributed by atoms with E-state index < -0.39 is 17.7 Å². The minimum Gasteiger partial charge on any atom is -0.370 e. The fourth-order valence-corrected chi connectivity index (χ4v) is 1.97. The molecule has 2 N–H and O–H groups in total. The van der Waals surface area contributed by atoms with Crippen molar-refractivity contribution in [3.8, 4) is 0 Å². The third-order valence-corrected chi connectivity index (χ3v) is 2.76. The van der Waals surface area contributed by atoms with E-state index in [1.54, 1.807) is 11.0 Å². The average Bonchev–Trinajstić information content (AvgIpc) is 2.62. The molecule has 0 saturated heterocycles. The number of hydrogen-bond acceptors (Lipinski definition) is 3. The van der Waals surface area contributed by atoms with Gasteiger partial charge in [-0.05, 0) is 12.1 Å². The van der Waals surface area contributed by atoms with Crippen LogP contribution in [0.2, 0.25) is 0 Å². The topological polar surface area (TPSA) is 41.6 Å². The van der Waals surface area contributed by atoms with Crippen LogP contribution in [0.15, 0.2) is 35.8 Å². The van der Waals surface area contributed by atoms with Crippen LogP contribution in [0.4, 0.5) is 8.78 Å². The Kier molecular flexibility index (Phi) is 3.08. The summed E-state index contributed by atoms with van der Waals surface area (Å²) in [5.41, 5.74) is 5.69. The van der Waals surface area contributed by atoms with Gasteiger partial charge in [-0.3, -0.25) is 4.99 Å². The molecule has 0 spiro atoms. The first-order valence-electron chi connectivity index (χ1n) is 5.26. The molecule has 0 amide bonds. The number of aliphatic imine (C=N–C) groups is 1. The number of rotatable bonds is 3. The van der Waals surface area contributed by atoms with Gasteiger partial charge in [-0.25, -0.2) is 8.78 Å².